The highest BCUT2D eigenvalue weighted by atomic mass is 16.5. The van der Waals surface area contributed by atoms with Crippen LogP contribution in [0, 0.1) is 5.92 Å². The predicted molar refractivity (Wildman–Crippen MR) is 211 cm³/mol. The summed E-state index contributed by atoms with van der Waals surface area (Å²) in [6, 6.07) is 10.6. The van der Waals surface area contributed by atoms with Crippen molar-refractivity contribution in [1.29, 1.82) is 0 Å². The number of para-hydroxylation sites is 1. The smallest absolute Gasteiger partial charge is 0.322 e. The second-order valence-corrected chi connectivity index (χ2v) is 15.4. The summed E-state index contributed by atoms with van der Waals surface area (Å²) in [7, 11) is 0. The lowest BCUT2D eigenvalue weighted by atomic mass is 10.0. The number of aromatic nitrogens is 1. The quantitative estimate of drug-likeness (QED) is 0.0886. The molecule has 1 aliphatic rings. The molecule has 0 aliphatic carbocycles. The van der Waals surface area contributed by atoms with Gasteiger partial charge in [0.05, 0.1) is 19.1 Å². The third kappa shape index (κ3) is 13.1. The zero-order valence-electron chi connectivity index (χ0n) is 33.0. The molecule has 57 heavy (non-hydrogen) atoms. The van der Waals surface area contributed by atoms with Gasteiger partial charge in [-0.25, -0.2) is 0 Å². The van der Waals surface area contributed by atoms with Crippen molar-refractivity contribution in [3.05, 3.63) is 65.9 Å². The average molecular weight is 791 g/mol. The molecule has 2 heterocycles. The lowest BCUT2D eigenvalue weighted by molar-refractivity contribution is -0.139. The van der Waals surface area contributed by atoms with Gasteiger partial charge in [-0.1, -0.05) is 44.2 Å². The highest BCUT2D eigenvalue weighted by molar-refractivity contribution is 5.95. The van der Waals surface area contributed by atoms with Gasteiger partial charge < -0.3 is 52.0 Å². The van der Waals surface area contributed by atoms with Gasteiger partial charge in [-0.15, -0.1) is 0 Å². The average Bonchev–Trinajstić information content (AvgIpc) is 3.81. The maximum absolute atomic E-state index is 13.4. The number of aliphatic carboxylic acids is 1. The molecule has 0 radical (unpaired) electrons. The fourth-order valence-electron chi connectivity index (χ4n) is 6.49. The molecule has 1 saturated heterocycles. The molecular weight excluding hydrogens is 736 g/mol. The number of nitrogens with zero attached hydrogens (tertiary/aromatic N) is 1. The molecule has 308 valence electrons. The highest BCUT2D eigenvalue weighted by Gasteiger charge is 2.36. The Kier molecular flexibility index (Phi) is 15.2. The van der Waals surface area contributed by atoms with E-state index in [-0.39, 0.29) is 18.7 Å². The molecule has 1 aromatic heterocycles. The van der Waals surface area contributed by atoms with Crippen LogP contribution in [0.4, 0.5) is 0 Å². The van der Waals surface area contributed by atoms with E-state index in [0.29, 0.717) is 30.7 Å². The minimum absolute atomic E-state index is 0.0158. The maximum Gasteiger partial charge on any atom is 0.322 e. The maximum atomic E-state index is 13.4. The molecule has 0 saturated carbocycles. The number of hydrogen-bond acceptors (Lipinski definition) is 9. The summed E-state index contributed by atoms with van der Waals surface area (Å²) >= 11 is 0. The molecule has 0 spiro atoms. The third-order valence-electron chi connectivity index (χ3n) is 9.24. The summed E-state index contributed by atoms with van der Waals surface area (Å²) in [6.45, 7) is 7.74. The zero-order chi connectivity index (χ0) is 41.9. The van der Waals surface area contributed by atoms with Gasteiger partial charge in [-0.2, -0.15) is 0 Å². The number of carbonyl (C=O) groups excluding carboxylic acids is 6. The molecule has 4 rings (SSSR count). The lowest BCUT2D eigenvalue weighted by Crippen LogP contribution is -2.56. The summed E-state index contributed by atoms with van der Waals surface area (Å²) in [4.78, 5) is 94.1. The summed E-state index contributed by atoms with van der Waals surface area (Å²) in [5, 5.41) is 22.4. The molecule has 9 N–H and O–H groups in total. The van der Waals surface area contributed by atoms with Gasteiger partial charge in [-0.05, 0) is 75.3 Å². The van der Waals surface area contributed by atoms with Crippen molar-refractivity contribution in [3.63, 3.8) is 0 Å². The van der Waals surface area contributed by atoms with Crippen molar-refractivity contribution in [2.45, 2.75) is 90.1 Å². The number of benzene rings is 2. The number of rotatable bonds is 18. The molecule has 6 amide bonds. The first-order chi connectivity index (χ1) is 26.9. The van der Waals surface area contributed by atoms with E-state index in [0.717, 1.165) is 16.5 Å². The number of carboxylic acids is 1. The normalized spacial score (nSPS) is 15.6. The number of nitrogens with one attached hydrogen (secondary N) is 6. The standard InChI is InChI=1S/C40H54N8O9/c1-23(2)35(38(55)44-20-32(49)46-30(36(53)45-22-34(51)52)17-24-12-14-26(15-13-24)57-40(3,4)5)47-33(50)21-43-37(54)31-11-8-16-48(31)39(56)28(41)18-25-19-42-29-10-7-6-9-27(25)29/h6-7,9-10,12-15,19,23,28,30-31,35,42H,8,11,16-18,20-22,41H2,1-5H3,(H,43,54)(H,44,55)(H,45,53)(H,46,49)(H,47,50)(H,51,52)/t28-,30-,31-,35-/m0/s1. The Morgan fingerprint density at radius 1 is 0.877 bits per heavy atom. The van der Waals surface area contributed by atoms with Crippen LogP contribution in [0.15, 0.2) is 54.7 Å². The number of carbonyl (C=O) groups is 7. The second-order valence-electron chi connectivity index (χ2n) is 15.4. The minimum atomic E-state index is -1.26. The Balaban J connectivity index is 1.27. The molecular formula is C40H54N8O9. The molecule has 17 nitrogen and oxygen atoms in total. The van der Waals surface area contributed by atoms with E-state index < -0.39 is 90.8 Å². The first kappa shape index (κ1) is 43.8. The van der Waals surface area contributed by atoms with Gasteiger partial charge in [0.15, 0.2) is 0 Å². The van der Waals surface area contributed by atoms with E-state index >= 15 is 0 Å². The van der Waals surface area contributed by atoms with E-state index in [4.69, 9.17) is 15.6 Å². The number of amides is 6. The summed E-state index contributed by atoms with van der Waals surface area (Å²) in [6.07, 6.45) is 3.11. The Morgan fingerprint density at radius 2 is 1.53 bits per heavy atom. The fourth-order valence-corrected chi connectivity index (χ4v) is 6.49. The third-order valence-corrected chi connectivity index (χ3v) is 9.24. The van der Waals surface area contributed by atoms with Crippen LogP contribution in [0.5, 0.6) is 5.75 Å². The number of H-pyrrole nitrogens is 1. The summed E-state index contributed by atoms with van der Waals surface area (Å²) in [5.41, 5.74) is 8.37. The molecule has 2 aromatic carbocycles. The van der Waals surface area contributed by atoms with Gasteiger partial charge in [0, 0.05) is 30.1 Å². The van der Waals surface area contributed by atoms with Crippen LogP contribution in [0.2, 0.25) is 0 Å². The summed E-state index contributed by atoms with van der Waals surface area (Å²) < 4.78 is 5.82. The molecule has 17 heteroatoms. The molecule has 0 bridgehead atoms. The van der Waals surface area contributed by atoms with Gasteiger partial charge in [0.25, 0.3) is 0 Å². The SMILES string of the molecule is CC(C)[C@H](NC(=O)CNC(=O)[C@@H]1CCCN1C(=O)[C@@H](N)Cc1c[nH]c2ccccc12)C(=O)NCC(=O)N[C@@H](Cc1ccc(OC(C)(C)C)cc1)C(=O)NCC(=O)O. The first-order valence-electron chi connectivity index (χ1n) is 18.9. The van der Waals surface area contributed by atoms with Crippen LogP contribution in [-0.4, -0.2) is 112 Å². The van der Waals surface area contributed by atoms with Crippen LogP contribution >= 0.6 is 0 Å². The monoisotopic (exact) mass is 790 g/mol. The van der Waals surface area contributed by atoms with Crippen molar-refractivity contribution in [2.24, 2.45) is 11.7 Å². The van der Waals surface area contributed by atoms with Gasteiger partial charge >= 0.3 is 5.97 Å². The first-order valence-corrected chi connectivity index (χ1v) is 18.9. The molecule has 0 unspecified atom stereocenters. The van der Waals surface area contributed by atoms with Gasteiger partial charge in [0.2, 0.25) is 35.4 Å². The molecule has 3 aromatic rings. The van der Waals surface area contributed by atoms with Crippen molar-refractivity contribution >= 4 is 52.3 Å². The largest absolute Gasteiger partial charge is 0.488 e. The number of carboxylic acid groups (broad SMARTS) is 1. The Labute approximate surface area is 331 Å². The number of likely N-dealkylation sites (tertiary alicyclic amines) is 1. The van der Waals surface area contributed by atoms with Crippen molar-refractivity contribution in [3.8, 4) is 5.75 Å². The highest BCUT2D eigenvalue weighted by Crippen LogP contribution is 2.23. The predicted octanol–water partition coefficient (Wildman–Crippen LogP) is 0.508. The van der Waals surface area contributed by atoms with Gasteiger partial charge in [0.1, 0.15) is 36.0 Å². The van der Waals surface area contributed by atoms with E-state index in [1.54, 1.807) is 38.1 Å². The zero-order valence-corrected chi connectivity index (χ0v) is 33.0. The van der Waals surface area contributed by atoms with E-state index in [2.05, 4.69) is 31.6 Å². The Hall–Kier alpha value is -5.97. The number of nitrogens with two attached hydrogens (primary N) is 1. The number of hydrogen-bond donors (Lipinski definition) is 8. The topological polar surface area (TPSA) is 254 Å². The van der Waals surface area contributed by atoms with Crippen molar-refractivity contribution in [2.75, 3.05) is 26.2 Å². The van der Waals surface area contributed by atoms with Crippen LogP contribution < -0.4 is 37.1 Å². The molecule has 1 fully saturated rings. The van der Waals surface area contributed by atoms with Gasteiger partial charge in [-0.3, -0.25) is 33.6 Å². The van der Waals surface area contributed by atoms with Crippen LogP contribution in [0.25, 0.3) is 10.9 Å². The van der Waals surface area contributed by atoms with Crippen LogP contribution in [0.3, 0.4) is 0 Å². The van der Waals surface area contributed by atoms with Crippen LogP contribution in [-0.2, 0) is 46.4 Å². The fraction of sp³-hybridized carbons (Fsp3) is 0.475. The minimum Gasteiger partial charge on any atom is -0.488 e. The van der Waals surface area contributed by atoms with E-state index in [1.807, 2.05) is 51.2 Å². The van der Waals surface area contributed by atoms with Crippen LogP contribution in [0.1, 0.15) is 58.6 Å². The van der Waals surface area contributed by atoms with E-state index in [9.17, 15) is 33.6 Å². The number of fused-ring (bicyclic) bond motifs is 1. The second kappa shape index (κ2) is 19.8. The summed E-state index contributed by atoms with van der Waals surface area (Å²) in [5.74, 6) is -4.78. The Morgan fingerprint density at radius 3 is 2.19 bits per heavy atom. The molecule has 4 atom stereocenters. The number of aromatic amines is 1. The van der Waals surface area contributed by atoms with E-state index in [1.165, 1.54) is 4.90 Å². The van der Waals surface area contributed by atoms with Crippen molar-refractivity contribution in [1.82, 2.24) is 36.5 Å². The van der Waals surface area contributed by atoms with Crippen molar-refractivity contribution < 1.29 is 43.4 Å². The lowest BCUT2D eigenvalue weighted by Gasteiger charge is -2.27. The number of ether oxygens (including phenoxy) is 1. The molecule has 1 aliphatic heterocycles. The Bertz CT molecular complexity index is 1920.